The fourth-order valence-electron chi connectivity index (χ4n) is 2.66. The van der Waals surface area contributed by atoms with E-state index in [4.69, 9.17) is 4.42 Å². The summed E-state index contributed by atoms with van der Waals surface area (Å²) in [5.41, 5.74) is 2.25. The smallest absolute Gasteiger partial charge is 0.230 e. The van der Waals surface area contributed by atoms with E-state index >= 15 is 0 Å². The Morgan fingerprint density at radius 1 is 1.26 bits per heavy atom. The zero-order valence-corrected chi connectivity index (χ0v) is 13.0. The summed E-state index contributed by atoms with van der Waals surface area (Å²) in [7, 11) is 0. The molecule has 0 amide bonds. The average molecular weight is 309 g/mol. The van der Waals surface area contributed by atoms with Gasteiger partial charge in [-0.2, -0.15) is 5.10 Å². The fraction of sp³-hybridized carbons (Fsp3) is 0.353. The molecule has 1 fully saturated rings. The summed E-state index contributed by atoms with van der Waals surface area (Å²) in [6.07, 6.45) is 6.07. The molecule has 6 heteroatoms. The van der Waals surface area contributed by atoms with E-state index in [1.165, 1.54) is 18.4 Å². The van der Waals surface area contributed by atoms with Crippen molar-refractivity contribution >= 4 is 0 Å². The molecule has 1 aliphatic rings. The van der Waals surface area contributed by atoms with Gasteiger partial charge in [0.15, 0.2) is 0 Å². The average Bonchev–Trinajstić information content (AvgIpc) is 3.11. The van der Waals surface area contributed by atoms with Gasteiger partial charge in [-0.1, -0.05) is 18.2 Å². The van der Waals surface area contributed by atoms with E-state index in [1.807, 2.05) is 29.1 Å². The Morgan fingerprint density at radius 2 is 2.13 bits per heavy atom. The summed E-state index contributed by atoms with van der Waals surface area (Å²) in [5.74, 6) is 1.93. The van der Waals surface area contributed by atoms with Crippen molar-refractivity contribution < 1.29 is 4.42 Å². The van der Waals surface area contributed by atoms with Gasteiger partial charge < -0.3 is 9.73 Å². The minimum atomic E-state index is 0.145. The Labute approximate surface area is 134 Å². The highest BCUT2D eigenvalue weighted by molar-refractivity contribution is 5.42. The summed E-state index contributed by atoms with van der Waals surface area (Å²) >= 11 is 0. The molecule has 23 heavy (non-hydrogen) atoms. The van der Waals surface area contributed by atoms with Crippen LogP contribution in [0.2, 0.25) is 0 Å². The lowest BCUT2D eigenvalue weighted by molar-refractivity contribution is 0.419. The van der Waals surface area contributed by atoms with Crippen LogP contribution < -0.4 is 5.32 Å². The van der Waals surface area contributed by atoms with Gasteiger partial charge in [0, 0.05) is 24.4 Å². The SMILES string of the molecule is C[C@@H](NCc1nnc(C2CC2)o1)c1ccccc1-n1cccn1. The summed E-state index contributed by atoms with van der Waals surface area (Å²) in [6, 6.07) is 10.3. The first-order valence-electron chi connectivity index (χ1n) is 7.96. The second kappa shape index (κ2) is 5.96. The van der Waals surface area contributed by atoms with Crippen LogP contribution in [0.5, 0.6) is 0 Å². The number of hydrogen-bond acceptors (Lipinski definition) is 5. The Hall–Kier alpha value is -2.47. The van der Waals surface area contributed by atoms with Gasteiger partial charge >= 0.3 is 0 Å². The summed E-state index contributed by atoms with van der Waals surface area (Å²) < 4.78 is 7.57. The van der Waals surface area contributed by atoms with Gasteiger partial charge in [-0.05, 0) is 37.5 Å². The molecule has 1 N–H and O–H groups in total. The Kier molecular flexibility index (Phi) is 3.67. The molecular weight excluding hydrogens is 290 g/mol. The lowest BCUT2D eigenvalue weighted by Gasteiger charge is -2.17. The number of para-hydroxylation sites is 1. The third-order valence-corrected chi connectivity index (χ3v) is 4.12. The Balaban J connectivity index is 1.47. The second-order valence-electron chi connectivity index (χ2n) is 5.92. The molecule has 2 heterocycles. The first-order valence-corrected chi connectivity index (χ1v) is 7.96. The molecule has 2 aromatic heterocycles. The van der Waals surface area contributed by atoms with Crippen molar-refractivity contribution in [3.63, 3.8) is 0 Å². The summed E-state index contributed by atoms with van der Waals surface area (Å²) in [6.45, 7) is 2.69. The van der Waals surface area contributed by atoms with Gasteiger partial charge in [-0.3, -0.25) is 0 Å². The lowest BCUT2D eigenvalue weighted by atomic mass is 10.1. The van der Waals surface area contributed by atoms with E-state index in [-0.39, 0.29) is 6.04 Å². The normalized spacial score (nSPS) is 15.7. The van der Waals surface area contributed by atoms with E-state index in [0.717, 1.165) is 11.6 Å². The Morgan fingerprint density at radius 3 is 2.91 bits per heavy atom. The molecule has 6 nitrogen and oxygen atoms in total. The first-order chi connectivity index (χ1) is 11.3. The maximum atomic E-state index is 5.69. The molecule has 1 saturated carbocycles. The largest absolute Gasteiger partial charge is 0.424 e. The quantitative estimate of drug-likeness (QED) is 0.758. The molecule has 0 saturated heterocycles. The molecule has 0 spiro atoms. The van der Waals surface area contributed by atoms with Gasteiger partial charge in [-0.25, -0.2) is 4.68 Å². The fourth-order valence-corrected chi connectivity index (χ4v) is 2.66. The maximum absolute atomic E-state index is 5.69. The van der Waals surface area contributed by atoms with Gasteiger partial charge in [0.2, 0.25) is 11.8 Å². The zero-order chi connectivity index (χ0) is 15.6. The van der Waals surface area contributed by atoms with Crippen LogP contribution in [0.3, 0.4) is 0 Å². The maximum Gasteiger partial charge on any atom is 0.230 e. The highest BCUT2D eigenvalue weighted by Gasteiger charge is 2.29. The van der Waals surface area contributed by atoms with Crippen LogP contribution in [-0.2, 0) is 6.54 Å². The van der Waals surface area contributed by atoms with Crippen molar-refractivity contribution in [3.8, 4) is 5.69 Å². The van der Waals surface area contributed by atoms with Crippen molar-refractivity contribution in [3.05, 3.63) is 60.1 Å². The van der Waals surface area contributed by atoms with E-state index in [2.05, 4.69) is 39.7 Å². The zero-order valence-electron chi connectivity index (χ0n) is 13.0. The van der Waals surface area contributed by atoms with Crippen LogP contribution >= 0.6 is 0 Å². The third-order valence-electron chi connectivity index (χ3n) is 4.12. The van der Waals surface area contributed by atoms with Crippen LogP contribution in [0.4, 0.5) is 0 Å². The summed E-state index contributed by atoms with van der Waals surface area (Å²) in [4.78, 5) is 0. The second-order valence-corrected chi connectivity index (χ2v) is 5.92. The van der Waals surface area contributed by atoms with Crippen LogP contribution in [0.1, 0.15) is 49.1 Å². The van der Waals surface area contributed by atoms with Crippen molar-refractivity contribution in [2.45, 2.75) is 38.3 Å². The van der Waals surface area contributed by atoms with Gasteiger partial charge in [-0.15, -0.1) is 10.2 Å². The first kappa shape index (κ1) is 14.1. The van der Waals surface area contributed by atoms with E-state index in [9.17, 15) is 0 Å². The van der Waals surface area contributed by atoms with Crippen molar-refractivity contribution in [2.24, 2.45) is 0 Å². The molecular formula is C17H19N5O. The minimum Gasteiger partial charge on any atom is -0.424 e. The number of hydrogen-bond donors (Lipinski definition) is 1. The van der Waals surface area contributed by atoms with Crippen LogP contribution in [0, 0.1) is 0 Å². The van der Waals surface area contributed by atoms with Gasteiger partial charge in [0.1, 0.15) is 0 Å². The van der Waals surface area contributed by atoms with E-state index in [0.29, 0.717) is 18.4 Å². The van der Waals surface area contributed by atoms with Gasteiger partial charge in [0.25, 0.3) is 0 Å². The van der Waals surface area contributed by atoms with Crippen molar-refractivity contribution in [1.82, 2.24) is 25.3 Å². The monoisotopic (exact) mass is 309 g/mol. The van der Waals surface area contributed by atoms with Crippen LogP contribution in [0.15, 0.2) is 47.1 Å². The lowest BCUT2D eigenvalue weighted by Crippen LogP contribution is -2.20. The molecule has 0 aliphatic heterocycles. The van der Waals surface area contributed by atoms with Crippen molar-refractivity contribution in [1.29, 1.82) is 0 Å². The topological polar surface area (TPSA) is 68.8 Å². The van der Waals surface area contributed by atoms with Crippen LogP contribution in [0.25, 0.3) is 5.69 Å². The third kappa shape index (κ3) is 3.03. The number of rotatable bonds is 6. The molecule has 4 rings (SSSR count). The molecule has 1 aliphatic carbocycles. The number of nitrogens with one attached hydrogen (secondary N) is 1. The predicted octanol–water partition coefficient (Wildman–Crippen LogP) is 2.98. The molecule has 0 unspecified atom stereocenters. The Bertz CT molecular complexity index is 776. The molecule has 0 radical (unpaired) electrons. The predicted molar refractivity (Wildman–Crippen MR) is 85.1 cm³/mol. The number of benzene rings is 1. The molecule has 1 aromatic carbocycles. The number of nitrogens with zero attached hydrogens (tertiary/aromatic N) is 4. The van der Waals surface area contributed by atoms with Gasteiger partial charge in [0.05, 0.1) is 12.2 Å². The standard InChI is InChI=1S/C17H19N5O/c1-12(18-11-16-20-21-17(23-16)13-7-8-13)14-5-2-3-6-15(14)22-10-4-9-19-22/h2-6,9-10,12-13,18H,7-8,11H2,1H3/t12-/m1/s1. The molecule has 118 valence electrons. The highest BCUT2D eigenvalue weighted by Crippen LogP contribution is 2.39. The molecule has 3 aromatic rings. The highest BCUT2D eigenvalue weighted by atomic mass is 16.4. The van der Waals surface area contributed by atoms with E-state index in [1.54, 1.807) is 6.20 Å². The minimum absolute atomic E-state index is 0.145. The molecule has 1 atom stereocenters. The van der Waals surface area contributed by atoms with Crippen LogP contribution in [-0.4, -0.2) is 20.0 Å². The van der Waals surface area contributed by atoms with E-state index < -0.39 is 0 Å². The number of aromatic nitrogens is 4. The van der Waals surface area contributed by atoms with Crippen molar-refractivity contribution in [2.75, 3.05) is 0 Å². The molecule has 0 bridgehead atoms. The summed E-state index contributed by atoms with van der Waals surface area (Å²) in [5, 5.41) is 16.0.